The van der Waals surface area contributed by atoms with Gasteiger partial charge in [-0.25, -0.2) is 0 Å². The summed E-state index contributed by atoms with van der Waals surface area (Å²) in [5, 5.41) is 2.88. The summed E-state index contributed by atoms with van der Waals surface area (Å²) in [7, 11) is 0. The average Bonchev–Trinajstić information content (AvgIpc) is 2.46. The molecule has 0 aliphatic rings. The highest BCUT2D eigenvalue weighted by Gasteiger charge is 2.06. The van der Waals surface area contributed by atoms with Crippen molar-refractivity contribution in [2.24, 2.45) is 0 Å². The summed E-state index contributed by atoms with van der Waals surface area (Å²) in [6.07, 6.45) is 3.43. The van der Waals surface area contributed by atoms with Crippen LogP contribution in [0.25, 0.3) is 0 Å². The number of hydrogen-bond donors (Lipinski definition) is 1. The van der Waals surface area contributed by atoms with Gasteiger partial charge in [0.15, 0.2) is 0 Å². The number of anilines is 1. The van der Waals surface area contributed by atoms with Gasteiger partial charge in [-0.1, -0.05) is 12.1 Å². The monoisotopic (exact) mass is 288 g/mol. The summed E-state index contributed by atoms with van der Waals surface area (Å²) in [6.45, 7) is 1.89. The largest absolute Gasteiger partial charge is 0.322 e. The summed E-state index contributed by atoms with van der Waals surface area (Å²) < 4.78 is 0. The maximum atomic E-state index is 12.1. The number of carbonyl (C=O) groups excluding carboxylic acids is 1. The SMILES string of the molecule is Cc1ccc(C(=O)Nc2cccc(CCCCl)c2)cn1. The fourth-order valence-electron chi connectivity index (χ4n) is 1.88. The van der Waals surface area contributed by atoms with E-state index in [2.05, 4.69) is 10.3 Å². The number of alkyl halides is 1. The number of benzene rings is 1. The van der Waals surface area contributed by atoms with Crippen LogP contribution in [0, 0.1) is 6.92 Å². The number of nitrogens with zero attached hydrogens (tertiary/aromatic N) is 1. The van der Waals surface area contributed by atoms with Gasteiger partial charge in [0.25, 0.3) is 5.91 Å². The Morgan fingerprint density at radius 2 is 2.15 bits per heavy atom. The van der Waals surface area contributed by atoms with Crippen LogP contribution in [-0.2, 0) is 6.42 Å². The van der Waals surface area contributed by atoms with Crippen LogP contribution in [0.15, 0.2) is 42.6 Å². The first kappa shape index (κ1) is 14.5. The van der Waals surface area contributed by atoms with Gasteiger partial charge in [0.1, 0.15) is 0 Å². The molecule has 3 nitrogen and oxygen atoms in total. The quantitative estimate of drug-likeness (QED) is 0.850. The van der Waals surface area contributed by atoms with Crippen LogP contribution in [0.4, 0.5) is 5.69 Å². The van der Waals surface area contributed by atoms with Crippen LogP contribution in [0.3, 0.4) is 0 Å². The number of amides is 1. The zero-order valence-corrected chi connectivity index (χ0v) is 12.2. The topological polar surface area (TPSA) is 42.0 Å². The van der Waals surface area contributed by atoms with Crippen molar-refractivity contribution in [1.82, 2.24) is 4.98 Å². The summed E-state index contributed by atoms with van der Waals surface area (Å²) in [5.74, 6) is 0.498. The molecule has 2 rings (SSSR count). The molecule has 2 aromatic rings. The molecule has 0 saturated heterocycles. The molecule has 20 heavy (non-hydrogen) atoms. The molecule has 0 bridgehead atoms. The highest BCUT2D eigenvalue weighted by molar-refractivity contribution is 6.17. The Kier molecular flexibility index (Phi) is 5.13. The normalized spacial score (nSPS) is 10.3. The number of aromatic nitrogens is 1. The number of rotatable bonds is 5. The summed E-state index contributed by atoms with van der Waals surface area (Å²) in [5.41, 5.74) is 3.42. The van der Waals surface area contributed by atoms with Gasteiger partial charge in [-0.2, -0.15) is 0 Å². The average molecular weight is 289 g/mol. The smallest absolute Gasteiger partial charge is 0.257 e. The van der Waals surface area contributed by atoms with Crippen molar-refractivity contribution in [1.29, 1.82) is 0 Å². The molecule has 0 aliphatic carbocycles. The van der Waals surface area contributed by atoms with Crippen molar-refractivity contribution in [3.63, 3.8) is 0 Å². The second-order valence-electron chi connectivity index (χ2n) is 4.64. The third kappa shape index (κ3) is 4.07. The molecule has 0 atom stereocenters. The van der Waals surface area contributed by atoms with Crippen molar-refractivity contribution in [3.05, 3.63) is 59.4 Å². The number of aryl methyl sites for hydroxylation is 2. The Balaban J connectivity index is 2.05. The number of carbonyl (C=O) groups is 1. The van der Waals surface area contributed by atoms with Gasteiger partial charge in [-0.05, 0) is 49.6 Å². The van der Waals surface area contributed by atoms with E-state index < -0.39 is 0 Å². The van der Waals surface area contributed by atoms with E-state index in [0.717, 1.165) is 24.2 Å². The Bertz CT molecular complexity index is 581. The fraction of sp³-hybridized carbons (Fsp3) is 0.250. The van der Waals surface area contributed by atoms with Gasteiger partial charge < -0.3 is 5.32 Å². The van der Waals surface area contributed by atoms with E-state index in [4.69, 9.17) is 11.6 Å². The number of nitrogens with one attached hydrogen (secondary N) is 1. The molecule has 1 N–H and O–H groups in total. The van der Waals surface area contributed by atoms with Gasteiger partial charge in [0.05, 0.1) is 5.56 Å². The lowest BCUT2D eigenvalue weighted by atomic mass is 10.1. The second kappa shape index (κ2) is 7.06. The number of pyridine rings is 1. The molecule has 0 radical (unpaired) electrons. The van der Waals surface area contributed by atoms with E-state index in [0.29, 0.717) is 11.4 Å². The zero-order chi connectivity index (χ0) is 14.4. The van der Waals surface area contributed by atoms with Crippen LogP contribution in [-0.4, -0.2) is 16.8 Å². The van der Waals surface area contributed by atoms with Crippen LogP contribution in [0.1, 0.15) is 28.0 Å². The summed E-state index contributed by atoms with van der Waals surface area (Å²) >= 11 is 5.69. The predicted octanol–water partition coefficient (Wildman–Crippen LogP) is 3.81. The number of halogens is 1. The first-order valence-electron chi connectivity index (χ1n) is 6.58. The van der Waals surface area contributed by atoms with Crippen molar-refractivity contribution in [3.8, 4) is 0 Å². The van der Waals surface area contributed by atoms with Crippen LogP contribution >= 0.6 is 11.6 Å². The molecule has 0 spiro atoms. The van der Waals surface area contributed by atoms with Crippen molar-refractivity contribution in [2.75, 3.05) is 11.2 Å². The highest BCUT2D eigenvalue weighted by atomic mass is 35.5. The van der Waals surface area contributed by atoms with E-state index in [-0.39, 0.29) is 5.91 Å². The lowest BCUT2D eigenvalue weighted by molar-refractivity contribution is 0.102. The Morgan fingerprint density at radius 1 is 1.30 bits per heavy atom. The minimum atomic E-state index is -0.146. The van der Waals surface area contributed by atoms with Gasteiger partial charge in [0.2, 0.25) is 0 Å². The molecule has 0 fully saturated rings. The molecule has 1 aromatic carbocycles. The van der Waals surface area contributed by atoms with Crippen molar-refractivity contribution >= 4 is 23.2 Å². The molecule has 0 unspecified atom stereocenters. The molecule has 104 valence electrons. The lowest BCUT2D eigenvalue weighted by Crippen LogP contribution is -2.12. The van der Waals surface area contributed by atoms with Crippen LogP contribution in [0.5, 0.6) is 0 Å². The van der Waals surface area contributed by atoms with Crippen LogP contribution in [0.2, 0.25) is 0 Å². The van der Waals surface area contributed by atoms with E-state index in [1.54, 1.807) is 12.3 Å². The fourth-order valence-corrected chi connectivity index (χ4v) is 2.01. The molecular formula is C16H17ClN2O. The molecule has 1 aromatic heterocycles. The minimum absolute atomic E-state index is 0.146. The molecular weight excluding hydrogens is 272 g/mol. The zero-order valence-electron chi connectivity index (χ0n) is 11.4. The molecule has 4 heteroatoms. The Hall–Kier alpha value is -1.87. The molecule has 1 heterocycles. The predicted molar refractivity (Wildman–Crippen MR) is 82.4 cm³/mol. The number of hydrogen-bond acceptors (Lipinski definition) is 2. The maximum Gasteiger partial charge on any atom is 0.257 e. The van der Waals surface area contributed by atoms with Gasteiger partial charge in [-0.3, -0.25) is 9.78 Å². The maximum absolute atomic E-state index is 12.1. The molecule has 0 saturated carbocycles. The second-order valence-corrected chi connectivity index (χ2v) is 5.01. The van der Waals surface area contributed by atoms with E-state index in [1.165, 1.54) is 5.56 Å². The van der Waals surface area contributed by atoms with E-state index >= 15 is 0 Å². The first-order chi connectivity index (χ1) is 9.69. The highest BCUT2D eigenvalue weighted by Crippen LogP contribution is 2.14. The summed E-state index contributed by atoms with van der Waals surface area (Å²) in [4.78, 5) is 16.2. The van der Waals surface area contributed by atoms with Crippen LogP contribution < -0.4 is 5.32 Å². The Morgan fingerprint density at radius 3 is 2.85 bits per heavy atom. The van der Waals surface area contributed by atoms with Gasteiger partial charge in [-0.15, -0.1) is 11.6 Å². The van der Waals surface area contributed by atoms with E-state index in [9.17, 15) is 4.79 Å². The molecule has 0 aliphatic heterocycles. The van der Waals surface area contributed by atoms with E-state index in [1.807, 2.05) is 37.3 Å². The molecule has 1 amide bonds. The third-order valence-electron chi connectivity index (χ3n) is 2.96. The summed E-state index contributed by atoms with van der Waals surface area (Å²) in [6, 6.07) is 11.4. The minimum Gasteiger partial charge on any atom is -0.322 e. The Labute approximate surface area is 124 Å². The first-order valence-corrected chi connectivity index (χ1v) is 7.11. The van der Waals surface area contributed by atoms with Crippen molar-refractivity contribution < 1.29 is 4.79 Å². The third-order valence-corrected chi connectivity index (χ3v) is 3.22. The van der Waals surface area contributed by atoms with Crippen molar-refractivity contribution in [2.45, 2.75) is 19.8 Å². The van der Waals surface area contributed by atoms with Gasteiger partial charge >= 0.3 is 0 Å². The standard InChI is InChI=1S/C16H17ClN2O/c1-12-7-8-14(11-18-12)16(20)19-15-6-2-4-13(10-15)5-3-9-17/h2,4,6-8,10-11H,3,5,9H2,1H3,(H,19,20). The van der Waals surface area contributed by atoms with Gasteiger partial charge in [0, 0.05) is 23.5 Å². The lowest BCUT2D eigenvalue weighted by Gasteiger charge is -2.07.